The smallest absolute Gasteiger partial charge is 0.0743 e. The molecule has 0 spiro atoms. The minimum atomic E-state index is -0.522. The predicted octanol–water partition coefficient (Wildman–Crippen LogP) is 2.13. The molecule has 0 amide bonds. The van der Waals surface area contributed by atoms with Crippen LogP contribution in [0, 0.1) is 5.92 Å². The molecule has 1 atom stereocenters. The lowest BCUT2D eigenvalue weighted by atomic mass is 10.0. The van der Waals surface area contributed by atoms with E-state index in [1.165, 1.54) is 6.42 Å². The zero-order chi connectivity index (χ0) is 10.5. The normalized spacial score (nSPS) is 16.6. The molecule has 1 unspecified atom stereocenters. The summed E-state index contributed by atoms with van der Waals surface area (Å²) in [6, 6.07) is 0. The van der Waals surface area contributed by atoms with E-state index in [-0.39, 0.29) is 0 Å². The molecule has 80 valence electrons. The van der Waals surface area contributed by atoms with Crippen LogP contribution in [0.15, 0.2) is 0 Å². The average molecular weight is 187 g/mol. The first-order valence-corrected chi connectivity index (χ1v) is 5.28. The second-order valence-corrected chi connectivity index (χ2v) is 4.77. The molecule has 1 N–H and O–H groups in total. The molecular formula is C11H25NO. The van der Waals surface area contributed by atoms with Gasteiger partial charge in [0.05, 0.1) is 5.60 Å². The molecule has 0 aliphatic heterocycles. The van der Waals surface area contributed by atoms with Gasteiger partial charge in [0.1, 0.15) is 0 Å². The van der Waals surface area contributed by atoms with Crippen molar-refractivity contribution in [2.45, 2.75) is 46.1 Å². The second kappa shape index (κ2) is 5.61. The molecule has 0 saturated heterocycles. The fourth-order valence-electron chi connectivity index (χ4n) is 1.25. The molecule has 0 saturated carbocycles. The summed E-state index contributed by atoms with van der Waals surface area (Å²) in [4.78, 5) is 2.21. The van der Waals surface area contributed by atoms with Gasteiger partial charge in [0, 0.05) is 6.54 Å². The lowest BCUT2D eigenvalue weighted by molar-refractivity contribution is 0.0227. The maximum Gasteiger partial charge on any atom is 0.0743 e. The largest absolute Gasteiger partial charge is 0.389 e. The van der Waals surface area contributed by atoms with Crippen LogP contribution in [0.1, 0.15) is 40.5 Å². The lowest BCUT2D eigenvalue weighted by Crippen LogP contribution is -2.38. The van der Waals surface area contributed by atoms with Gasteiger partial charge in [-0.3, -0.25) is 0 Å². The molecule has 2 nitrogen and oxygen atoms in total. The highest BCUT2D eigenvalue weighted by atomic mass is 16.3. The predicted molar refractivity (Wildman–Crippen MR) is 57.9 cm³/mol. The second-order valence-electron chi connectivity index (χ2n) is 4.77. The van der Waals surface area contributed by atoms with Gasteiger partial charge in [0.25, 0.3) is 0 Å². The summed E-state index contributed by atoms with van der Waals surface area (Å²) in [5.41, 5.74) is -0.522. The van der Waals surface area contributed by atoms with E-state index in [9.17, 15) is 5.11 Å². The molecule has 0 bridgehead atoms. The molecule has 0 aromatic carbocycles. The van der Waals surface area contributed by atoms with Crippen molar-refractivity contribution < 1.29 is 5.11 Å². The van der Waals surface area contributed by atoms with Crippen LogP contribution in [0.4, 0.5) is 0 Å². The highest BCUT2D eigenvalue weighted by molar-refractivity contribution is 4.74. The monoisotopic (exact) mass is 187 g/mol. The van der Waals surface area contributed by atoms with E-state index in [4.69, 9.17) is 0 Å². The van der Waals surface area contributed by atoms with Crippen LogP contribution in [0.25, 0.3) is 0 Å². The Morgan fingerprint density at radius 2 is 1.92 bits per heavy atom. The summed E-state index contributed by atoms with van der Waals surface area (Å²) in [5, 5.41) is 9.82. The summed E-state index contributed by atoms with van der Waals surface area (Å²) < 4.78 is 0. The third kappa shape index (κ3) is 7.03. The molecule has 0 aliphatic carbocycles. The average Bonchev–Trinajstić information content (AvgIpc) is 2.00. The van der Waals surface area contributed by atoms with Crippen molar-refractivity contribution in [3.63, 3.8) is 0 Å². The standard InChI is InChI=1S/C11H25NO/c1-6-11(4,13)9-12(5)8-7-10(2)3/h10,13H,6-9H2,1-5H3. The number of hydrogen-bond acceptors (Lipinski definition) is 2. The summed E-state index contributed by atoms with van der Waals surface area (Å²) in [6.07, 6.45) is 2.02. The maximum absolute atomic E-state index is 9.82. The van der Waals surface area contributed by atoms with Gasteiger partial charge >= 0.3 is 0 Å². The van der Waals surface area contributed by atoms with E-state index in [2.05, 4.69) is 25.8 Å². The van der Waals surface area contributed by atoms with E-state index in [0.717, 1.165) is 25.4 Å². The summed E-state index contributed by atoms with van der Waals surface area (Å²) in [6.45, 7) is 10.2. The van der Waals surface area contributed by atoms with E-state index in [1.807, 2.05) is 13.8 Å². The van der Waals surface area contributed by atoms with Crippen molar-refractivity contribution in [2.24, 2.45) is 5.92 Å². The number of rotatable bonds is 6. The first-order chi connectivity index (χ1) is 5.87. The van der Waals surface area contributed by atoms with Gasteiger partial charge in [-0.1, -0.05) is 20.8 Å². The van der Waals surface area contributed by atoms with Gasteiger partial charge in [-0.2, -0.15) is 0 Å². The Bertz CT molecular complexity index is 132. The third-order valence-electron chi connectivity index (χ3n) is 2.46. The first kappa shape index (κ1) is 12.9. The van der Waals surface area contributed by atoms with E-state index >= 15 is 0 Å². The molecule has 2 heteroatoms. The number of hydrogen-bond donors (Lipinski definition) is 1. The van der Waals surface area contributed by atoms with Gasteiger partial charge in [-0.05, 0) is 39.3 Å². The van der Waals surface area contributed by atoms with Crippen molar-refractivity contribution in [3.8, 4) is 0 Å². The Labute approximate surface area is 82.9 Å². The maximum atomic E-state index is 9.82. The van der Waals surface area contributed by atoms with Crippen LogP contribution in [-0.2, 0) is 0 Å². The Balaban J connectivity index is 3.67. The van der Waals surface area contributed by atoms with Crippen LogP contribution in [0.3, 0.4) is 0 Å². The third-order valence-corrected chi connectivity index (χ3v) is 2.46. The Hall–Kier alpha value is -0.0800. The minimum absolute atomic E-state index is 0.522. The summed E-state index contributed by atoms with van der Waals surface area (Å²) in [7, 11) is 2.08. The molecule has 0 aromatic rings. The zero-order valence-electron chi connectivity index (χ0n) is 9.80. The van der Waals surface area contributed by atoms with Crippen molar-refractivity contribution in [1.29, 1.82) is 0 Å². The van der Waals surface area contributed by atoms with Crippen LogP contribution in [0.5, 0.6) is 0 Å². The van der Waals surface area contributed by atoms with E-state index in [1.54, 1.807) is 0 Å². The summed E-state index contributed by atoms with van der Waals surface area (Å²) in [5.74, 6) is 0.744. The van der Waals surface area contributed by atoms with Gasteiger partial charge in [0.2, 0.25) is 0 Å². The SMILES string of the molecule is CCC(C)(O)CN(C)CCC(C)C. The number of aliphatic hydroxyl groups is 1. The highest BCUT2D eigenvalue weighted by Crippen LogP contribution is 2.10. The number of nitrogens with zero attached hydrogens (tertiary/aromatic N) is 1. The van der Waals surface area contributed by atoms with Crippen LogP contribution in [-0.4, -0.2) is 35.7 Å². The van der Waals surface area contributed by atoms with Gasteiger partial charge in [0.15, 0.2) is 0 Å². The molecular weight excluding hydrogens is 162 g/mol. The molecule has 0 aliphatic rings. The zero-order valence-corrected chi connectivity index (χ0v) is 9.80. The van der Waals surface area contributed by atoms with Crippen LogP contribution < -0.4 is 0 Å². The fraction of sp³-hybridized carbons (Fsp3) is 1.00. The first-order valence-electron chi connectivity index (χ1n) is 5.28. The molecule has 13 heavy (non-hydrogen) atoms. The Morgan fingerprint density at radius 3 is 2.31 bits per heavy atom. The van der Waals surface area contributed by atoms with E-state index < -0.39 is 5.60 Å². The minimum Gasteiger partial charge on any atom is -0.389 e. The fourth-order valence-corrected chi connectivity index (χ4v) is 1.25. The molecule has 0 radical (unpaired) electrons. The van der Waals surface area contributed by atoms with Crippen molar-refractivity contribution in [2.75, 3.05) is 20.1 Å². The molecule has 0 heterocycles. The lowest BCUT2D eigenvalue weighted by Gasteiger charge is -2.28. The molecule has 0 aromatic heterocycles. The van der Waals surface area contributed by atoms with Crippen LogP contribution in [0.2, 0.25) is 0 Å². The highest BCUT2D eigenvalue weighted by Gasteiger charge is 2.19. The van der Waals surface area contributed by atoms with E-state index in [0.29, 0.717) is 0 Å². The summed E-state index contributed by atoms with van der Waals surface area (Å²) >= 11 is 0. The van der Waals surface area contributed by atoms with Crippen LogP contribution >= 0.6 is 0 Å². The van der Waals surface area contributed by atoms with Gasteiger partial charge < -0.3 is 10.0 Å². The van der Waals surface area contributed by atoms with Gasteiger partial charge in [-0.15, -0.1) is 0 Å². The topological polar surface area (TPSA) is 23.5 Å². The van der Waals surface area contributed by atoms with Crippen molar-refractivity contribution >= 4 is 0 Å². The quantitative estimate of drug-likeness (QED) is 0.688. The number of likely N-dealkylation sites (N-methyl/N-ethyl adjacent to an activating group) is 1. The van der Waals surface area contributed by atoms with Gasteiger partial charge in [-0.25, -0.2) is 0 Å². The van der Waals surface area contributed by atoms with Crippen molar-refractivity contribution in [3.05, 3.63) is 0 Å². The Kier molecular flexibility index (Phi) is 5.57. The molecule has 0 fully saturated rings. The Morgan fingerprint density at radius 1 is 1.38 bits per heavy atom. The van der Waals surface area contributed by atoms with Crippen molar-refractivity contribution in [1.82, 2.24) is 4.90 Å². The molecule has 0 rings (SSSR count).